The van der Waals surface area contributed by atoms with E-state index in [0.29, 0.717) is 22.6 Å². The molecule has 0 spiro atoms. The molecule has 2 N–H and O–H groups in total. The molecule has 0 aromatic carbocycles. The molecule has 2 amide bonds. The van der Waals surface area contributed by atoms with Gasteiger partial charge in [0, 0.05) is 5.38 Å². The predicted molar refractivity (Wildman–Crippen MR) is 75.1 cm³/mol. The van der Waals surface area contributed by atoms with Gasteiger partial charge in [-0.3, -0.25) is 20.4 Å². The zero-order valence-electron chi connectivity index (χ0n) is 10.2. The molecule has 100 valence electrons. The van der Waals surface area contributed by atoms with Gasteiger partial charge < -0.3 is 4.42 Å². The Morgan fingerprint density at radius 1 is 1.21 bits per heavy atom. The van der Waals surface area contributed by atoms with Crippen LogP contribution in [0.25, 0.3) is 0 Å². The van der Waals surface area contributed by atoms with E-state index < -0.39 is 5.91 Å². The SMILES string of the molecule is Cc1cc(C(=O)NNC(=O)c2csc(Br)c2)c(C)o1. The van der Waals surface area contributed by atoms with Crippen molar-refractivity contribution in [3.63, 3.8) is 0 Å². The number of halogens is 1. The monoisotopic (exact) mass is 342 g/mol. The molecule has 0 saturated heterocycles. The number of carbonyl (C=O) groups is 2. The number of carbonyl (C=O) groups excluding carboxylic acids is 2. The maximum Gasteiger partial charge on any atom is 0.273 e. The van der Waals surface area contributed by atoms with E-state index in [1.807, 2.05) is 0 Å². The number of thiophene rings is 1. The standard InChI is InChI=1S/C12H11BrN2O3S/c1-6-3-9(7(2)18-6)12(17)15-14-11(16)8-4-10(13)19-5-8/h3-5H,1-2H3,(H,14,16)(H,15,17). The quantitative estimate of drug-likeness (QED) is 0.824. The van der Waals surface area contributed by atoms with E-state index in [4.69, 9.17) is 4.42 Å². The number of hydrogen-bond acceptors (Lipinski definition) is 4. The first-order valence-corrected chi connectivity index (χ1v) is 7.06. The van der Waals surface area contributed by atoms with E-state index in [9.17, 15) is 9.59 Å². The average Bonchev–Trinajstić information content (AvgIpc) is 2.92. The fourth-order valence-corrected chi connectivity index (χ4v) is 2.68. The highest BCUT2D eigenvalue weighted by Crippen LogP contribution is 2.20. The molecule has 0 fully saturated rings. The number of hydrazine groups is 1. The van der Waals surface area contributed by atoms with Gasteiger partial charge in [-0.15, -0.1) is 11.3 Å². The lowest BCUT2D eigenvalue weighted by Crippen LogP contribution is -2.41. The van der Waals surface area contributed by atoms with Crippen molar-refractivity contribution in [3.05, 3.63) is 43.9 Å². The zero-order valence-corrected chi connectivity index (χ0v) is 12.6. The van der Waals surface area contributed by atoms with Crippen molar-refractivity contribution < 1.29 is 14.0 Å². The molecule has 0 bridgehead atoms. The Labute approximate surface area is 122 Å². The number of nitrogens with one attached hydrogen (secondary N) is 2. The molecule has 7 heteroatoms. The summed E-state index contributed by atoms with van der Waals surface area (Å²) in [5, 5.41) is 1.69. The molecule has 2 rings (SSSR count). The molecule has 0 aliphatic carbocycles. The molecule has 0 radical (unpaired) electrons. The van der Waals surface area contributed by atoms with Gasteiger partial charge in [-0.25, -0.2) is 0 Å². The lowest BCUT2D eigenvalue weighted by atomic mass is 10.2. The number of hydrogen-bond donors (Lipinski definition) is 2. The number of aryl methyl sites for hydroxylation is 2. The summed E-state index contributed by atoms with van der Waals surface area (Å²) in [7, 11) is 0. The van der Waals surface area contributed by atoms with Gasteiger partial charge >= 0.3 is 0 Å². The summed E-state index contributed by atoms with van der Waals surface area (Å²) >= 11 is 4.67. The van der Waals surface area contributed by atoms with Crippen molar-refractivity contribution in [2.45, 2.75) is 13.8 Å². The Bertz CT molecular complexity index is 633. The fraction of sp³-hybridized carbons (Fsp3) is 0.167. The Balaban J connectivity index is 1.97. The largest absolute Gasteiger partial charge is 0.466 e. The van der Waals surface area contributed by atoms with Gasteiger partial charge in [0.1, 0.15) is 11.5 Å². The smallest absolute Gasteiger partial charge is 0.273 e. The summed E-state index contributed by atoms with van der Waals surface area (Å²) in [6, 6.07) is 3.30. The number of furan rings is 1. The van der Waals surface area contributed by atoms with Crippen LogP contribution in [0.4, 0.5) is 0 Å². The fourth-order valence-electron chi connectivity index (χ4n) is 1.54. The molecular formula is C12H11BrN2O3S. The van der Waals surface area contributed by atoms with Crippen molar-refractivity contribution in [1.82, 2.24) is 10.9 Å². The third-order valence-corrected chi connectivity index (χ3v) is 3.91. The van der Waals surface area contributed by atoms with Crippen LogP contribution in [0.5, 0.6) is 0 Å². The van der Waals surface area contributed by atoms with Gasteiger partial charge in [0.25, 0.3) is 11.8 Å². The highest BCUT2D eigenvalue weighted by atomic mass is 79.9. The minimum atomic E-state index is -0.406. The van der Waals surface area contributed by atoms with E-state index in [0.717, 1.165) is 3.79 Å². The lowest BCUT2D eigenvalue weighted by molar-refractivity contribution is 0.0846. The highest BCUT2D eigenvalue weighted by Gasteiger charge is 2.15. The van der Waals surface area contributed by atoms with E-state index in [1.165, 1.54) is 11.3 Å². The summed E-state index contributed by atoms with van der Waals surface area (Å²) in [5.74, 6) is 0.392. The Morgan fingerprint density at radius 3 is 2.42 bits per heavy atom. The second-order valence-electron chi connectivity index (χ2n) is 3.87. The van der Waals surface area contributed by atoms with Crippen molar-refractivity contribution in [2.24, 2.45) is 0 Å². The third kappa shape index (κ3) is 3.24. The van der Waals surface area contributed by atoms with Crippen LogP contribution in [0.2, 0.25) is 0 Å². The zero-order chi connectivity index (χ0) is 14.0. The van der Waals surface area contributed by atoms with Crippen LogP contribution in [-0.4, -0.2) is 11.8 Å². The molecule has 0 saturated carbocycles. The number of rotatable bonds is 2. The van der Waals surface area contributed by atoms with Crippen LogP contribution in [0.3, 0.4) is 0 Å². The second-order valence-corrected chi connectivity index (χ2v) is 6.17. The average molecular weight is 343 g/mol. The van der Waals surface area contributed by atoms with Gasteiger partial charge in [-0.1, -0.05) is 0 Å². The van der Waals surface area contributed by atoms with E-state index >= 15 is 0 Å². The molecule has 0 aliphatic heterocycles. The first-order valence-electron chi connectivity index (χ1n) is 5.39. The maximum absolute atomic E-state index is 11.8. The lowest BCUT2D eigenvalue weighted by Gasteiger charge is -2.05. The summed E-state index contributed by atoms with van der Waals surface area (Å²) in [4.78, 5) is 23.5. The first kappa shape index (κ1) is 13.8. The van der Waals surface area contributed by atoms with Gasteiger partial charge in [-0.05, 0) is 41.9 Å². The maximum atomic E-state index is 11.8. The molecule has 0 aliphatic rings. The van der Waals surface area contributed by atoms with E-state index in [-0.39, 0.29) is 5.91 Å². The Morgan fingerprint density at radius 2 is 1.89 bits per heavy atom. The minimum absolute atomic E-state index is 0.367. The summed E-state index contributed by atoms with van der Waals surface area (Å²) in [5.41, 5.74) is 5.59. The molecule has 5 nitrogen and oxygen atoms in total. The van der Waals surface area contributed by atoms with Crippen molar-refractivity contribution in [1.29, 1.82) is 0 Å². The molecule has 19 heavy (non-hydrogen) atoms. The first-order chi connectivity index (χ1) is 8.97. The van der Waals surface area contributed by atoms with Gasteiger partial charge in [-0.2, -0.15) is 0 Å². The minimum Gasteiger partial charge on any atom is -0.466 e. The summed E-state index contributed by atoms with van der Waals surface area (Å²) in [6.07, 6.45) is 0. The second kappa shape index (κ2) is 5.58. The van der Waals surface area contributed by atoms with E-state index in [2.05, 4.69) is 26.8 Å². The molecule has 2 aromatic rings. The van der Waals surface area contributed by atoms with Crippen molar-refractivity contribution >= 4 is 39.1 Å². The topological polar surface area (TPSA) is 71.3 Å². The van der Waals surface area contributed by atoms with Crippen molar-refractivity contribution in [3.8, 4) is 0 Å². The van der Waals surface area contributed by atoms with Gasteiger partial charge in [0.05, 0.1) is 14.9 Å². The van der Waals surface area contributed by atoms with Crippen LogP contribution < -0.4 is 10.9 Å². The Hall–Kier alpha value is -1.60. The summed E-state index contributed by atoms with van der Waals surface area (Å²) < 4.78 is 6.10. The third-order valence-electron chi connectivity index (χ3n) is 2.40. The van der Waals surface area contributed by atoms with Crippen LogP contribution in [0.1, 0.15) is 32.2 Å². The molecule has 2 heterocycles. The van der Waals surface area contributed by atoms with Crippen LogP contribution in [0.15, 0.2) is 25.7 Å². The van der Waals surface area contributed by atoms with Crippen molar-refractivity contribution in [2.75, 3.05) is 0 Å². The van der Waals surface area contributed by atoms with Crippen LogP contribution in [0, 0.1) is 13.8 Å². The van der Waals surface area contributed by atoms with Crippen LogP contribution in [-0.2, 0) is 0 Å². The Kier molecular flexibility index (Phi) is 4.06. The van der Waals surface area contributed by atoms with E-state index in [1.54, 1.807) is 31.4 Å². The molecule has 0 atom stereocenters. The molecule has 2 aromatic heterocycles. The predicted octanol–water partition coefficient (Wildman–Crippen LogP) is 2.80. The normalized spacial score (nSPS) is 10.3. The van der Waals surface area contributed by atoms with Crippen LogP contribution >= 0.6 is 27.3 Å². The highest BCUT2D eigenvalue weighted by molar-refractivity contribution is 9.11. The molecule has 0 unspecified atom stereocenters. The summed E-state index contributed by atoms with van der Waals surface area (Å²) in [6.45, 7) is 3.45. The molecular weight excluding hydrogens is 332 g/mol. The number of amides is 2. The van der Waals surface area contributed by atoms with Gasteiger partial charge in [0.15, 0.2) is 0 Å². The van der Waals surface area contributed by atoms with Gasteiger partial charge in [0.2, 0.25) is 0 Å².